The van der Waals surface area contributed by atoms with Crippen molar-refractivity contribution >= 4 is 17.3 Å². The summed E-state index contributed by atoms with van der Waals surface area (Å²) in [7, 11) is 5.40. The minimum Gasteiger partial charge on any atom is -0.479 e. The van der Waals surface area contributed by atoms with Crippen LogP contribution in [-0.4, -0.2) is 44.7 Å². The van der Waals surface area contributed by atoms with Gasteiger partial charge in [0.2, 0.25) is 11.8 Å². The predicted octanol–water partition coefficient (Wildman–Crippen LogP) is 1.48. The molecule has 2 unspecified atom stereocenters. The molecule has 1 aliphatic heterocycles. The van der Waals surface area contributed by atoms with E-state index in [9.17, 15) is 4.79 Å². The lowest BCUT2D eigenvalue weighted by atomic mass is 9.92. The SMILES string of the molecule is COc1nccc(N(C)C)c1NC(=O)C1NCCCC1C. The number of pyridine rings is 1. The molecule has 6 heteroatoms. The molecule has 21 heavy (non-hydrogen) atoms. The van der Waals surface area contributed by atoms with Crippen LogP contribution >= 0.6 is 0 Å². The molecule has 0 saturated carbocycles. The number of nitrogens with zero attached hydrogens (tertiary/aromatic N) is 2. The van der Waals surface area contributed by atoms with Crippen LogP contribution in [0.2, 0.25) is 0 Å². The topological polar surface area (TPSA) is 66.5 Å². The van der Waals surface area contributed by atoms with Crippen LogP contribution in [-0.2, 0) is 4.79 Å². The maximum atomic E-state index is 12.5. The van der Waals surface area contributed by atoms with Crippen LogP contribution in [0.5, 0.6) is 5.88 Å². The van der Waals surface area contributed by atoms with Crippen LogP contribution in [0.1, 0.15) is 19.8 Å². The van der Waals surface area contributed by atoms with Gasteiger partial charge in [-0.15, -0.1) is 0 Å². The highest BCUT2D eigenvalue weighted by molar-refractivity contribution is 5.99. The zero-order valence-electron chi connectivity index (χ0n) is 13.1. The summed E-state index contributed by atoms with van der Waals surface area (Å²) in [5, 5.41) is 6.27. The summed E-state index contributed by atoms with van der Waals surface area (Å²) in [5.74, 6) is 0.721. The second kappa shape index (κ2) is 6.76. The third-order valence-electron chi connectivity index (χ3n) is 3.87. The molecule has 1 saturated heterocycles. The van der Waals surface area contributed by atoms with Crippen LogP contribution in [0.3, 0.4) is 0 Å². The lowest BCUT2D eigenvalue weighted by Gasteiger charge is -2.29. The molecule has 0 bridgehead atoms. The first kappa shape index (κ1) is 15.6. The van der Waals surface area contributed by atoms with Gasteiger partial charge in [-0.2, -0.15) is 0 Å². The first-order chi connectivity index (χ1) is 10.0. The van der Waals surface area contributed by atoms with Gasteiger partial charge in [0.1, 0.15) is 5.69 Å². The molecule has 1 fully saturated rings. The zero-order valence-corrected chi connectivity index (χ0v) is 13.1. The number of carbonyl (C=O) groups is 1. The number of hydrogen-bond donors (Lipinski definition) is 2. The number of ether oxygens (including phenoxy) is 1. The van der Waals surface area contributed by atoms with E-state index in [1.54, 1.807) is 13.3 Å². The van der Waals surface area contributed by atoms with Gasteiger partial charge in [-0.05, 0) is 31.4 Å². The van der Waals surface area contributed by atoms with Crippen molar-refractivity contribution in [1.82, 2.24) is 10.3 Å². The van der Waals surface area contributed by atoms with Crippen molar-refractivity contribution in [2.45, 2.75) is 25.8 Å². The molecule has 6 nitrogen and oxygen atoms in total. The number of nitrogens with one attached hydrogen (secondary N) is 2. The minimum absolute atomic E-state index is 0.0309. The smallest absolute Gasteiger partial charge is 0.241 e. The molecular weight excluding hydrogens is 268 g/mol. The van der Waals surface area contributed by atoms with Crippen LogP contribution in [0.25, 0.3) is 0 Å². The number of aromatic nitrogens is 1. The molecule has 1 aliphatic rings. The first-order valence-electron chi connectivity index (χ1n) is 7.29. The summed E-state index contributed by atoms with van der Waals surface area (Å²) in [5.41, 5.74) is 1.49. The number of methoxy groups -OCH3 is 1. The molecule has 2 rings (SSSR count). The largest absolute Gasteiger partial charge is 0.479 e. The van der Waals surface area contributed by atoms with E-state index in [0.717, 1.165) is 25.1 Å². The normalized spacial score (nSPS) is 21.7. The Morgan fingerprint density at radius 3 is 2.90 bits per heavy atom. The van der Waals surface area contributed by atoms with E-state index >= 15 is 0 Å². The Hall–Kier alpha value is -1.82. The van der Waals surface area contributed by atoms with Gasteiger partial charge in [-0.25, -0.2) is 4.98 Å². The Kier molecular flexibility index (Phi) is 5.01. The number of anilines is 2. The van der Waals surface area contributed by atoms with E-state index in [0.29, 0.717) is 17.5 Å². The van der Waals surface area contributed by atoms with Crippen molar-refractivity contribution in [3.05, 3.63) is 12.3 Å². The van der Waals surface area contributed by atoms with Crippen LogP contribution in [0, 0.1) is 5.92 Å². The number of carbonyl (C=O) groups excluding carboxylic acids is 1. The highest BCUT2D eigenvalue weighted by Gasteiger charge is 2.28. The van der Waals surface area contributed by atoms with Gasteiger partial charge in [0, 0.05) is 20.3 Å². The van der Waals surface area contributed by atoms with Crippen molar-refractivity contribution in [2.75, 3.05) is 38.0 Å². The van der Waals surface area contributed by atoms with Gasteiger partial charge in [0.05, 0.1) is 18.8 Å². The Labute approximate surface area is 125 Å². The molecule has 116 valence electrons. The van der Waals surface area contributed by atoms with Crippen molar-refractivity contribution in [3.63, 3.8) is 0 Å². The number of amides is 1. The Morgan fingerprint density at radius 1 is 1.52 bits per heavy atom. The summed E-state index contributed by atoms with van der Waals surface area (Å²) < 4.78 is 5.28. The number of hydrogen-bond acceptors (Lipinski definition) is 5. The summed E-state index contributed by atoms with van der Waals surface area (Å²) >= 11 is 0. The Balaban J connectivity index is 2.23. The summed E-state index contributed by atoms with van der Waals surface area (Å²) in [6.45, 7) is 2.98. The van der Waals surface area contributed by atoms with E-state index in [4.69, 9.17) is 4.74 Å². The molecule has 2 atom stereocenters. The van der Waals surface area contributed by atoms with Gasteiger partial charge in [-0.3, -0.25) is 4.79 Å². The third-order valence-corrected chi connectivity index (χ3v) is 3.87. The van der Waals surface area contributed by atoms with Crippen molar-refractivity contribution in [3.8, 4) is 5.88 Å². The zero-order chi connectivity index (χ0) is 15.4. The van der Waals surface area contributed by atoms with Gasteiger partial charge < -0.3 is 20.3 Å². The number of piperidine rings is 1. The molecule has 0 aromatic carbocycles. The fourth-order valence-corrected chi connectivity index (χ4v) is 2.68. The monoisotopic (exact) mass is 292 g/mol. The second-order valence-electron chi connectivity index (χ2n) is 5.65. The van der Waals surface area contributed by atoms with Gasteiger partial charge in [-0.1, -0.05) is 6.92 Å². The lowest BCUT2D eigenvalue weighted by molar-refractivity contribution is -0.119. The predicted molar refractivity (Wildman–Crippen MR) is 83.9 cm³/mol. The highest BCUT2D eigenvalue weighted by Crippen LogP contribution is 2.32. The van der Waals surface area contributed by atoms with Gasteiger partial charge in [0.15, 0.2) is 0 Å². The molecule has 1 aromatic rings. The maximum absolute atomic E-state index is 12.5. The first-order valence-corrected chi connectivity index (χ1v) is 7.29. The third kappa shape index (κ3) is 3.44. The van der Waals surface area contributed by atoms with E-state index in [1.807, 2.05) is 25.1 Å². The van der Waals surface area contributed by atoms with Gasteiger partial charge in [0.25, 0.3) is 0 Å². The molecule has 0 spiro atoms. The van der Waals surface area contributed by atoms with Crippen molar-refractivity contribution in [2.24, 2.45) is 5.92 Å². The van der Waals surface area contributed by atoms with E-state index in [1.165, 1.54) is 0 Å². The molecule has 0 radical (unpaired) electrons. The molecule has 1 amide bonds. The maximum Gasteiger partial charge on any atom is 0.241 e. The van der Waals surface area contributed by atoms with Crippen LogP contribution in [0.15, 0.2) is 12.3 Å². The summed E-state index contributed by atoms with van der Waals surface area (Å²) in [6, 6.07) is 1.69. The fraction of sp³-hybridized carbons (Fsp3) is 0.600. The molecular formula is C15H24N4O2. The second-order valence-corrected chi connectivity index (χ2v) is 5.65. The van der Waals surface area contributed by atoms with Crippen LogP contribution < -0.4 is 20.3 Å². The van der Waals surface area contributed by atoms with Gasteiger partial charge >= 0.3 is 0 Å². The van der Waals surface area contributed by atoms with Crippen LogP contribution in [0.4, 0.5) is 11.4 Å². The lowest BCUT2D eigenvalue weighted by Crippen LogP contribution is -2.48. The minimum atomic E-state index is -0.168. The molecule has 2 N–H and O–H groups in total. The van der Waals surface area contributed by atoms with Crippen molar-refractivity contribution in [1.29, 1.82) is 0 Å². The molecule has 2 heterocycles. The van der Waals surface area contributed by atoms with E-state index in [-0.39, 0.29) is 11.9 Å². The number of rotatable bonds is 4. The quantitative estimate of drug-likeness (QED) is 0.880. The summed E-state index contributed by atoms with van der Waals surface area (Å²) in [4.78, 5) is 18.6. The van der Waals surface area contributed by atoms with E-state index < -0.39 is 0 Å². The molecule has 1 aromatic heterocycles. The Morgan fingerprint density at radius 2 is 2.29 bits per heavy atom. The molecule has 0 aliphatic carbocycles. The van der Waals surface area contributed by atoms with E-state index in [2.05, 4.69) is 22.5 Å². The highest BCUT2D eigenvalue weighted by atomic mass is 16.5. The average Bonchev–Trinajstić information content (AvgIpc) is 2.47. The average molecular weight is 292 g/mol. The Bertz CT molecular complexity index is 504. The standard InChI is InChI=1S/C15H24N4O2/c1-10-6-5-8-16-12(10)14(20)18-13-11(19(2)3)7-9-17-15(13)21-4/h7,9-10,12,16H,5-6,8H2,1-4H3,(H,18,20). The summed E-state index contributed by atoms with van der Waals surface area (Å²) in [6.07, 6.45) is 3.85. The van der Waals surface area contributed by atoms with Crippen molar-refractivity contribution < 1.29 is 9.53 Å². The fourth-order valence-electron chi connectivity index (χ4n) is 2.68.